The number of benzene rings is 1. The predicted octanol–water partition coefficient (Wildman–Crippen LogP) is 1.33. The van der Waals surface area contributed by atoms with E-state index in [0.717, 1.165) is 12.0 Å². The smallest absolute Gasteiger partial charge is 0.224 e. The van der Waals surface area contributed by atoms with E-state index in [1.54, 1.807) is 7.11 Å². The Morgan fingerprint density at radius 1 is 1.37 bits per heavy atom. The molecule has 4 heteroatoms. The van der Waals surface area contributed by atoms with Gasteiger partial charge in [0.25, 0.3) is 0 Å². The maximum absolute atomic E-state index is 11.8. The lowest BCUT2D eigenvalue weighted by atomic mass is 10.0. The van der Waals surface area contributed by atoms with Gasteiger partial charge in [0.1, 0.15) is 0 Å². The number of nitrogens with one attached hydrogen (secondary N) is 1. The fraction of sp³-hybridized carbons (Fsp3) is 0.533. The summed E-state index contributed by atoms with van der Waals surface area (Å²) in [5, 5.41) is 2.88. The number of hydrogen-bond acceptors (Lipinski definition) is 3. The molecule has 106 valence electrons. The van der Waals surface area contributed by atoms with Gasteiger partial charge in [0.2, 0.25) is 5.91 Å². The molecule has 1 unspecified atom stereocenters. The lowest BCUT2D eigenvalue weighted by Crippen LogP contribution is -2.33. The third kappa shape index (κ3) is 5.85. The minimum absolute atomic E-state index is 0.0214. The molecule has 0 saturated carbocycles. The van der Waals surface area contributed by atoms with Gasteiger partial charge in [-0.05, 0) is 37.0 Å². The van der Waals surface area contributed by atoms with Crippen LogP contribution in [0.15, 0.2) is 18.2 Å². The van der Waals surface area contributed by atoms with Crippen LogP contribution in [0.3, 0.4) is 0 Å². The van der Waals surface area contributed by atoms with E-state index in [4.69, 9.17) is 10.5 Å². The van der Waals surface area contributed by atoms with Crippen molar-refractivity contribution in [2.75, 3.05) is 20.3 Å². The molecule has 0 aliphatic rings. The van der Waals surface area contributed by atoms with Crippen LogP contribution in [0.2, 0.25) is 0 Å². The summed E-state index contributed by atoms with van der Waals surface area (Å²) in [6.45, 7) is 5.23. The van der Waals surface area contributed by atoms with Gasteiger partial charge in [0.15, 0.2) is 0 Å². The maximum Gasteiger partial charge on any atom is 0.224 e. The van der Waals surface area contributed by atoms with Crippen LogP contribution in [-0.2, 0) is 16.0 Å². The maximum atomic E-state index is 11.8. The van der Waals surface area contributed by atoms with E-state index < -0.39 is 0 Å². The summed E-state index contributed by atoms with van der Waals surface area (Å²) in [4.78, 5) is 11.8. The zero-order valence-electron chi connectivity index (χ0n) is 12.0. The van der Waals surface area contributed by atoms with Crippen molar-refractivity contribution in [2.45, 2.75) is 32.7 Å². The van der Waals surface area contributed by atoms with Crippen LogP contribution >= 0.6 is 0 Å². The van der Waals surface area contributed by atoms with Gasteiger partial charge >= 0.3 is 0 Å². The summed E-state index contributed by atoms with van der Waals surface area (Å²) in [5.74, 6) is 0.0351. The highest BCUT2D eigenvalue weighted by atomic mass is 16.5. The summed E-state index contributed by atoms with van der Waals surface area (Å²) in [7, 11) is 1.62. The van der Waals surface area contributed by atoms with E-state index in [1.165, 1.54) is 11.1 Å². The van der Waals surface area contributed by atoms with E-state index in [-0.39, 0.29) is 11.9 Å². The van der Waals surface area contributed by atoms with E-state index in [1.807, 2.05) is 12.1 Å². The monoisotopic (exact) mass is 264 g/mol. The van der Waals surface area contributed by atoms with E-state index in [2.05, 4.69) is 25.2 Å². The van der Waals surface area contributed by atoms with Crippen molar-refractivity contribution >= 4 is 5.91 Å². The average Bonchev–Trinajstić information content (AvgIpc) is 2.34. The molecular formula is C15H24N2O2. The van der Waals surface area contributed by atoms with Crippen LogP contribution in [0.25, 0.3) is 0 Å². The van der Waals surface area contributed by atoms with Crippen molar-refractivity contribution in [3.63, 3.8) is 0 Å². The van der Waals surface area contributed by atoms with Gasteiger partial charge in [-0.15, -0.1) is 0 Å². The second kappa shape index (κ2) is 7.92. The number of carbonyl (C=O) groups excluding carboxylic acids is 1. The summed E-state index contributed by atoms with van der Waals surface area (Å²) >= 11 is 0. The van der Waals surface area contributed by atoms with Gasteiger partial charge in [-0.3, -0.25) is 4.79 Å². The summed E-state index contributed by atoms with van der Waals surface area (Å²) in [5.41, 5.74) is 9.29. The Morgan fingerprint density at radius 3 is 2.74 bits per heavy atom. The summed E-state index contributed by atoms with van der Waals surface area (Å²) < 4.78 is 4.94. The zero-order valence-corrected chi connectivity index (χ0v) is 12.0. The number of methoxy groups -OCH3 is 1. The van der Waals surface area contributed by atoms with Crippen molar-refractivity contribution in [3.05, 3.63) is 34.9 Å². The standard InChI is InChI=1S/C15H24N2O2/c1-11-4-5-13(8-12(11)2)9-15(18)17-7-6-14(16)10-19-3/h4-5,8,14H,6-7,9-10,16H2,1-3H3,(H,17,18). The van der Waals surface area contributed by atoms with Crippen LogP contribution in [0.4, 0.5) is 0 Å². The van der Waals surface area contributed by atoms with Gasteiger partial charge in [0, 0.05) is 19.7 Å². The largest absolute Gasteiger partial charge is 0.383 e. The first-order valence-electron chi connectivity index (χ1n) is 6.60. The fourth-order valence-corrected chi connectivity index (χ4v) is 1.86. The van der Waals surface area contributed by atoms with Crippen molar-refractivity contribution in [1.82, 2.24) is 5.32 Å². The van der Waals surface area contributed by atoms with Crippen LogP contribution in [-0.4, -0.2) is 32.2 Å². The molecule has 1 aromatic carbocycles. The predicted molar refractivity (Wildman–Crippen MR) is 77.1 cm³/mol. The van der Waals surface area contributed by atoms with Gasteiger partial charge in [0.05, 0.1) is 13.0 Å². The van der Waals surface area contributed by atoms with Gasteiger partial charge in [-0.1, -0.05) is 18.2 Å². The Morgan fingerprint density at radius 2 is 2.11 bits per heavy atom. The average molecular weight is 264 g/mol. The molecule has 0 spiro atoms. The van der Waals surface area contributed by atoms with Crippen LogP contribution < -0.4 is 11.1 Å². The fourth-order valence-electron chi connectivity index (χ4n) is 1.86. The van der Waals surface area contributed by atoms with E-state index >= 15 is 0 Å². The quantitative estimate of drug-likeness (QED) is 0.781. The molecule has 0 bridgehead atoms. The molecule has 0 fully saturated rings. The lowest BCUT2D eigenvalue weighted by molar-refractivity contribution is -0.120. The Hall–Kier alpha value is -1.39. The van der Waals surface area contributed by atoms with Crippen LogP contribution in [0.5, 0.6) is 0 Å². The first-order chi connectivity index (χ1) is 9.02. The number of aryl methyl sites for hydroxylation is 2. The molecule has 0 radical (unpaired) electrons. The van der Waals surface area contributed by atoms with Gasteiger partial charge in [-0.25, -0.2) is 0 Å². The number of nitrogens with two attached hydrogens (primary N) is 1. The Kier molecular flexibility index (Phi) is 6.53. The molecule has 1 amide bonds. The third-order valence-corrected chi connectivity index (χ3v) is 3.15. The SMILES string of the molecule is COCC(N)CCNC(=O)Cc1ccc(C)c(C)c1. The molecule has 3 N–H and O–H groups in total. The molecule has 0 aliphatic heterocycles. The minimum Gasteiger partial charge on any atom is -0.383 e. The number of rotatable bonds is 7. The Labute approximate surface area is 115 Å². The van der Waals surface area contributed by atoms with Gasteiger partial charge in [-0.2, -0.15) is 0 Å². The minimum atomic E-state index is -0.0214. The number of amides is 1. The van der Waals surface area contributed by atoms with E-state index in [9.17, 15) is 4.79 Å². The Balaban J connectivity index is 2.33. The molecule has 0 aliphatic carbocycles. The first kappa shape index (κ1) is 15.7. The lowest BCUT2D eigenvalue weighted by Gasteiger charge is -2.11. The molecule has 1 aromatic rings. The Bertz CT molecular complexity index is 419. The zero-order chi connectivity index (χ0) is 14.3. The first-order valence-corrected chi connectivity index (χ1v) is 6.60. The topological polar surface area (TPSA) is 64.3 Å². The van der Waals surface area contributed by atoms with Crippen LogP contribution in [0, 0.1) is 13.8 Å². The highest BCUT2D eigenvalue weighted by Crippen LogP contribution is 2.10. The van der Waals surface area contributed by atoms with E-state index in [0.29, 0.717) is 19.6 Å². The third-order valence-electron chi connectivity index (χ3n) is 3.15. The number of carbonyl (C=O) groups is 1. The number of hydrogen-bond donors (Lipinski definition) is 2. The van der Waals surface area contributed by atoms with Crippen molar-refractivity contribution in [2.24, 2.45) is 5.73 Å². The molecule has 1 rings (SSSR count). The molecule has 0 heterocycles. The summed E-state index contributed by atoms with van der Waals surface area (Å²) in [6, 6.07) is 6.09. The van der Waals surface area contributed by atoms with Crippen molar-refractivity contribution < 1.29 is 9.53 Å². The number of ether oxygens (including phenoxy) is 1. The summed E-state index contributed by atoms with van der Waals surface area (Å²) in [6.07, 6.45) is 1.15. The van der Waals surface area contributed by atoms with Crippen molar-refractivity contribution in [1.29, 1.82) is 0 Å². The molecule has 0 aromatic heterocycles. The van der Waals surface area contributed by atoms with Crippen LogP contribution in [0.1, 0.15) is 23.1 Å². The van der Waals surface area contributed by atoms with Crippen molar-refractivity contribution in [3.8, 4) is 0 Å². The highest BCUT2D eigenvalue weighted by molar-refractivity contribution is 5.78. The van der Waals surface area contributed by atoms with Gasteiger partial charge < -0.3 is 15.8 Å². The molecule has 0 saturated heterocycles. The highest BCUT2D eigenvalue weighted by Gasteiger charge is 2.06. The normalized spacial score (nSPS) is 12.2. The second-order valence-electron chi connectivity index (χ2n) is 4.95. The molecule has 1 atom stereocenters. The molecule has 19 heavy (non-hydrogen) atoms. The second-order valence-corrected chi connectivity index (χ2v) is 4.95. The molecular weight excluding hydrogens is 240 g/mol. The molecule has 4 nitrogen and oxygen atoms in total.